The van der Waals surface area contributed by atoms with Gasteiger partial charge in [-0.25, -0.2) is 0 Å². The SMILES string of the molecule is O=C(O)Cc1cc(Cl)ccc1OCCCc1ccccc1. The molecule has 0 radical (unpaired) electrons. The van der Waals surface area contributed by atoms with Gasteiger partial charge in [0.05, 0.1) is 13.0 Å². The summed E-state index contributed by atoms with van der Waals surface area (Å²) in [5.74, 6) is -0.304. The fraction of sp³-hybridized carbons (Fsp3) is 0.235. The fourth-order valence-corrected chi connectivity index (χ4v) is 2.29. The number of carbonyl (C=O) groups is 1. The quantitative estimate of drug-likeness (QED) is 0.787. The van der Waals surface area contributed by atoms with Crippen molar-refractivity contribution in [2.75, 3.05) is 6.61 Å². The first kappa shape index (κ1) is 15.4. The highest BCUT2D eigenvalue weighted by atomic mass is 35.5. The van der Waals surface area contributed by atoms with Crippen LogP contribution in [0.25, 0.3) is 0 Å². The first-order valence-corrected chi connectivity index (χ1v) is 7.20. The number of rotatable bonds is 7. The third-order valence-corrected chi connectivity index (χ3v) is 3.31. The number of hydrogen-bond acceptors (Lipinski definition) is 2. The molecule has 0 atom stereocenters. The second-order valence-electron chi connectivity index (χ2n) is 4.76. The minimum absolute atomic E-state index is 0.0887. The Kier molecular flexibility index (Phi) is 5.64. The van der Waals surface area contributed by atoms with Crippen LogP contribution < -0.4 is 4.74 Å². The van der Waals surface area contributed by atoms with Crippen molar-refractivity contribution in [1.29, 1.82) is 0 Å². The zero-order valence-corrected chi connectivity index (χ0v) is 12.3. The molecule has 0 aliphatic carbocycles. The Bertz CT molecular complexity index is 596. The molecule has 0 aromatic heterocycles. The van der Waals surface area contributed by atoms with Crippen LogP contribution in [0.2, 0.25) is 5.02 Å². The number of hydrogen-bond donors (Lipinski definition) is 1. The first-order valence-electron chi connectivity index (χ1n) is 6.82. The van der Waals surface area contributed by atoms with E-state index in [1.807, 2.05) is 18.2 Å². The summed E-state index contributed by atoms with van der Waals surface area (Å²) in [6, 6.07) is 15.3. The molecule has 0 amide bonds. The Morgan fingerprint density at radius 3 is 2.62 bits per heavy atom. The summed E-state index contributed by atoms with van der Waals surface area (Å²) >= 11 is 5.89. The van der Waals surface area contributed by atoms with E-state index in [1.54, 1.807) is 18.2 Å². The summed E-state index contributed by atoms with van der Waals surface area (Å²) in [5, 5.41) is 9.42. The predicted molar refractivity (Wildman–Crippen MR) is 83.0 cm³/mol. The molecule has 0 aliphatic rings. The molecule has 2 aromatic rings. The van der Waals surface area contributed by atoms with Crippen molar-refractivity contribution < 1.29 is 14.6 Å². The van der Waals surface area contributed by atoms with Crippen LogP contribution in [0.4, 0.5) is 0 Å². The number of carboxylic acids is 1. The van der Waals surface area contributed by atoms with E-state index in [4.69, 9.17) is 21.4 Å². The van der Waals surface area contributed by atoms with Crippen LogP contribution in [0.15, 0.2) is 48.5 Å². The van der Waals surface area contributed by atoms with Crippen LogP contribution in [0.5, 0.6) is 5.75 Å². The van der Waals surface area contributed by atoms with Crippen molar-refractivity contribution in [2.24, 2.45) is 0 Å². The number of ether oxygens (including phenoxy) is 1. The lowest BCUT2D eigenvalue weighted by atomic mass is 10.1. The van der Waals surface area contributed by atoms with Crippen molar-refractivity contribution in [3.63, 3.8) is 0 Å². The largest absolute Gasteiger partial charge is 0.493 e. The Labute approximate surface area is 129 Å². The number of aliphatic carboxylic acids is 1. The molecule has 0 aliphatic heterocycles. The van der Waals surface area contributed by atoms with Gasteiger partial charge in [0.2, 0.25) is 0 Å². The second kappa shape index (κ2) is 7.70. The lowest BCUT2D eigenvalue weighted by Gasteiger charge is -2.11. The molecule has 0 spiro atoms. The van der Waals surface area contributed by atoms with E-state index in [0.29, 0.717) is 22.9 Å². The smallest absolute Gasteiger partial charge is 0.307 e. The van der Waals surface area contributed by atoms with Crippen molar-refractivity contribution >= 4 is 17.6 Å². The molecule has 3 nitrogen and oxygen atoms in total. The van der Waals surface area contributed by atoms with Crippen LogP contribution in [-0.4, -0.2) is 17.7 Å². The van der Waals surface area contributed by atoms with E-state index >= 15 is 0 Å². The van der Waals surface area contributed by atoms with E-state index in [-0.39, 0.29) is 6.42 Å². The molecule has 1 N–H and O–H groups in total. The molecule has 0 fully saturated rings. The molecular formula is C17H17ClO3. The minimum Gasteiger partial charge on any atom is -0.493 e. The maximum atomic E-state index is 10.8. The Balaban J connectivity index is 1.89. The van der Waals surface area contributed by atoms with Crippen LogP contribution in [0.1, 0.15) is 17.5 Å². The normalized spacial score (nSPS) is 10.3. The van der Waals surface area contributed by atoms with Gasteiger partial charge in [0.15, 0.2) is 0 Å². The second-order valence-corrected chi connectivity index (χ2v) is 5.20. The Hall–Kier alpha value is -2.00. The van der Waals surface area contributed by atoms with E-state index in [1.165, 1.54) is 5.56 Å². The Morgan fingerprint density at radius 2 is 1.90 bits per heavy atom. The minimum atomic E-state index is -0.897. The summed E-state index contributed by atoms with van der Waals surface area (Å²) in [5.41, 5.74) is 1.87. The summed E-state index contributed by atoms with van der Waals surface area (Å²) in [7, 11) is 0. The molecule has 2 rings (SSSR count). The van der Waals surface area contributed by atoms with E-state index in [2.05, 4.69) is 12.1 Å². The van der Waals surface area contributed by atoms with E-state index in [9.17, 15) is 4.79 Å². The number of halogens is 1. The molecule has 0 saturated carbocycles. The first-order chi connectivity index (χ1) is 10.1. The van der Waals surface area contributed by atoms with Crippen LogP contribution >= 0.6 is 11.6 Å². The van der Waals surface area contributed by atoms with E-state index in [0.717, 1.165) is 12.8 Å². The van der Waals surface area contributed by atoms with Gasteiger partial charge < -0.3 is 9.84 Å². The molecule has 0 unspecified atom stereocenters. The van der Waals surface area contributed by atoms with Gasteiger partial charge in [-0.15, -0.1) is 0 Å². The molecule has 0 saturated heterocycles. The van der Waals surface area contributed by atoms with Crippen molar-refractivity contribution in [3.05, 3.63) is 64.7 Å². The van der Waals surface area contributed by atoms with Gasteiger partial charge in [0.25, 0.3) is 0 Å². The molecule has 110 valence electrons. The predicted octanol–water partition coefficient (Wildman–Crippen LogP) is 3.98. The maximum Gasteiger partial charge on any atom is 0.307 e. The van der Waals surface area contributed by atoms with Gasteiger partial charge in [-0.2, -0.15) is 0 Å². The standard InChI is InChI=1S/C17H17ClO3/c18-15-8-9-16(14(11-15)12-17(19)20)21-10-4-7-13-5-2-1-3-6-13/h1-3,5-6,8-9,11H,4,7,10,12H2,(H,19,20). The van der Waals surface area contributed by atoms with Gasteiger partial charge in [0.1, 0.15) is 5.75 Å². The van der Waals surface area contributed by atoms with Gasteiger partial charge in [-0.05, 0) is 36.6 Å². The zero-order chi connectivity index (χ0) is 15.1. The van der Waals surface area contributed by atoms with Crippen LogP contribution in [0.3, 0.4) is 0 Å². The number of aryl methyl sites for hydroxylation is 1. The highest BCUT2D eigenvalue weighted by molar-refractivity contribution is 6.30. The topological polar surface area (TPSA) is 46.5 Å². The third kappa shape index (κ3) is 5.12. The van der Waals surface area contributed by atoms with Gasteiger partial charge in [-0.1, -0.05) is 41.9 Å². The summed E-state index contributed by atoms with van der Waals surface area (Å²) < 4.78 is 5.69. The highest BCUT2D eigenvalue weighted by Crippen LogP contribution is 2.23. The average molecular weight is 305 g/mol. The average Bonchev–Trinajstić information content (AvgIpc) is 2.46. The van der Waals surface area contributed by atoms with Crippen LogP contribution in [0, 0.1) is 0 Å². The van der Waals surface area contributed by atoms with Crippen molar-refractivity contribution in [3.8, 4) is 5.75 Å². The van der Waals surface area contributed by atoms with Gasteiger partial charge in [0, 0.05) is 10.6 Å². The summed E-state index contributed by atoms with van der Waals surface area (Å²) in [6.07, 6.45) is 1.72. The van der Waals surface area contributed by atoms with Crippen LogP contribution in [-0.2, 0) is 17.6 Å². The monoisotopic (exact) mass is 304 g/mol. The third-order valence-electron chi connectivity index (χ3n) is 3.07. The van der Waals surface area contributed by atoms with Gasteiger partial charge in [-0.3, -0.25) is 4.79 Å². The number of carboxylic acid groups (broad SMARTS) is 1. The zero-order valence-electron chi connectivity index (χ0n) is 11.6. The van der Waals surface area contributed by atoms with Gasteiger partial charge >= 0.3 is 5.97 Å². The molecular weight excluding hydrogens is 288 g/mol. The Morgan fingerprint density at radius 1 is 1.14 bits per heavy atom. The molecule has 4 heteroatoms. The molecule has 0 heterocycles. The maximum absolute atomic E-state index is 10.8. The summed E-state index contributed by atoms with van der Waals surface area (Å²) in [4.78, 5) is 10.8. The van der Waals surface area contributed by atoms with Crippen molar-refractivity contribution in [2.45, 2.75) is 19.3 Å². The van der Waals surface area contributed by atoms with E-state index < -0.39 is 5.97 Å². The molecule has 21 heavy (non-hydrogen) atoms. The van der Waals surface area contributed by atoms with Crippen molar-refractivity contribution in [1.82, 2.24) is 0 Å². The molecule has 2 aromatic carbocycles. The summed E-state index contributed by atoms with van der Waals surface area (Å²) in [6.45, 7) is 0.545. The number of benzene rings is 2. The lowest BCUT2D eigenvalue weighted by Crippen LogP contribution is -2.05. The fourth-order valence-electron chi connectivity index (χ4n) is 2.09. The highest BCUT2D eigenvalue weighted by Gasteiger charge is 2.09. The lowest BCUT2D eigenvalue weighted by molar-refractivity contribution is -0.136. The molecule has 0 bridgehead atoms.